The number of pyridine rings is 1. The summed E-state index contributed by atoms with van der Waals surface area (Å²) in [7, 11) is 0. The molecule has 0 atom stereocenters. The van der Waals surface area contributed by atoms with Crippen molar-refractivity contribution in [3.8, 4) is 5.82 Å². The Bertz CT molecular complexity index is 768. The van der Waals surface area contributed by atoms with Crippen LogP contribution in [0, 0.1) is 0 Å². The van der Waals surface area contributed by atoms with Crippen molar-refractivity contribution in [1.29, 1.82) is 0 Å². The maximum Gasteiger partial charge on any atom is 0.280 e. The van der Waals surface area contributed by atoms with E-state index in [0.717, 1.165) is 0 Å². The van der Waals surface area contributed by atoms with Crippen LogP contribution >= 0.6 is 11.6 Å². The van der Waals surface area contributed by atoms with Gasteiger partial charge in [-0.15, -0.1) is 0 Å². The fraction of sp³-hybridized carbons (Fsp3) is 0. The predicted molar refractivity (Wildman–Crippen MR) is 70.1 cm³/mol. The summed E-state index contributed by atoms with van der Waals surface area (Å²) in [5.41, 5.74) is -0.228. The van der Waals surface area contributed by atoms with Gasteiger partial charge in [-0.2, -0.15) is 9.78 Å². The molecule has 2 aromatic heterocycles. The van der Waals surface area contributed by atoms with Crippen LogP contribution in [-0.2, 0) is 0 Å². The van der Waals surface area contributed by atoms with Crippen LogP contribution in [0.2, 0.25) is 5.02 Å². The number of hydrogen-bond acceptors (Lipinski definition) is 3. The van der Waals surface area contributed by atoms with Gasteiger partial charge in [-0.25, -0.2) is 4.98 Å². The highest BCUT2D eigenvalue weighted by Crippen LogP contribution is 2.19. The van der Waals surface area contributed by atoms with Crippen LogP contribution in [0.15, 0.2) is 53.6 Å². The van der Waals surface area contributed by atoms with E-state index in [0.29, 0.717) is 21.6 Å². The molecule has 0 saturated carbocycles. The van der Waals surface area contributed by atoms with Crippen LogP contribution in [0.25, 0.3) is 16.6 Å². The van der Waals surface area contributed by atoms with Crippen molar-refractivity contribution >= 4 is 22.4 Å². The Balaban J connectivity index is 2.35. The third-order valence-electron chi connectivity index (χ3n) is 2.64. The second kappa shape index (κ2) is 4.23. The number of halogens is 1. The van der Waals surface area contributed by atoms with Crippen LogP contribution in [-0.4, -0.2) is 14.8 Å². The smallest absolute Gasteiger partial charge is 0.267 e. The maximum absolute atomic E-state index is 12.3. The maximum atomic E-state index is 12.3. The molecule has 0 aliphatic rings. The minimum absolute atomic E-state index is 0.228. The summed E-state index contributed by atoms with van der Waals surface area (Å²) >= 11 is 6.02. The molecule has 0 saturated heterocycles. The lowest BCUT2D eigenvalue weighted by molar-refractivity contribution is 0.794. The lowest BCUT2D eigenvalue weighted by atomic mass is 10.2. The van der Waals surface area contributed by atoms with E-state index in [1.165, 1.54) is 4.68 Å². The molecule has 0 aliphatic heterocycles. The fourth-order valence-electron chi connectivity index (χ4n) is 1.78. The summed E-state index contributed by atoms with van der Waals surface area (Å²) in [6, 6.07) is 10.5. The van der Waals surface area contributed by atoms with Crippen molar-refractivity contribution in [2.75, 3.05) is 0 Å². The highest BCUT2D eigenvalue weighted by atomic mass is 35.5. The monoisotopic (exact) mass is 257 g/mol. The number of nitrogens with zero attached hydrogens (tertiary/aromatic N) is 3. The quantitative estimate of drug-likeness (QED) is 0.673. The summed E-state index contributed by atoms with van der Waals surface area (Å²) < 4.78 is 1.26. The topological polar surface area (TPSA) is 47.8 Å². The molecule has 0 fully saturated rings. The Hall–Kier alpha value is -2.20. The predicted octanol–water partition coefficient (Wildman–Crippen LogP) is 2.43. The highest BCUT2D eigenvalue weighted by Gasteiger charge is 2.08. The van der Waals surface area contributed by atoms with E-state index in [9.17, 15) is 4.79 Å². The van der Waals surface area contributed by atoms with Gasteiger partial charge in [0.1, 0.15) is 0 Å². The molecule has 88 valence electrons. The number of benzene rings is 1. The van der Waals surface area contributed by atoms with Gasteiger partial charge in [0.2, 0.25) is 0 Å². The molecule has 0 N–H and O–H groups in total. The Morgan fingerprint density at radius 1 is 1.06 bits per heavy atom. The first kappa shape index (κ1) is 10.9. The number of fused-ring (bicyclic) bond motifs is 1. The zero-order chi connectivity index (χ0) is 12.5. The summed E-state index contributed by atoms with van der Waals surface area (Å²) in [4.78, 5) is 16.4. The van der Waals surface area contributed by atoms with Crippen molar-refractivity contribution in [3.63, 3.8) is 0 Å². The molecule has 0 spiro atoms. The third kappa shape index (κ3) is 1.67. The fourth-order valence-corrected chi connectivity index (χ4v) is 2.00. The summed E-state index contributed by atoms with van der Waals surface area (Å²) in [6.07, 6.45) is 3.19. The summed E-state index contributed by atoms with van der Waals surface area (Å²) in [6.45, 7) is 0. The van der Waals surface area contributed by atoms with Gasteiger partial charge in [0.15, 0.2) is 5.82 Å². The Kier molecular flexibility index (Phi) is 2.57. The van der Waals surface area contributed by atoms with E-state index in [4.69, 9.17) is 11.6 Å². The largest absolute Gasteiger partial charge is 0.280 e. The zero-order valence-corrected chi connectivity index (χ0v) is 10.0. The van der Waals surface area contributed by atoms with E-state index >= 15 is 0 Å². The second-order valence-corrected chi connectivity index (χ2v) is 4.16. The van der Waals surface area contributed by atoms with Crippen molar-refractivity contribution in [3.05, 3.63) is 64.2 Å². The first-order valence-corrected chi connectivity index (χ1v) is 5.73. The van der Waals surface area contributed by atoms with Gasteiger partial charge in [0.05, 0.1) is 16.6 Å². The van der Waals surface area contributed by atoms with Crippen LogP contribution in [0.3, 0.4) is 0 Å². The molecule has 3 aromatic rings. The zero-order valence-electron chi connectivity index (χ0n) is 9.25. The molecule has 4 nitrogen and oxygen atoms in total. The van der Waals surface area contributed by atoms with Crippen molar-refractivity contribution in [1.82, 2.24) is 14.8 Å². The molecule has 3 rings (SSSR count). The molecule has 0 unspecified atom stereocenters. The van der Waals surface area contributed by atoms with Crippen LogP contribution in [0.1, 0.15) is 0 Å². The average Bonchev–Trinajstić information content (AvgIpc) is 2.41. The molecule has 5 heteroatoms. The van der Waals surface area contributed by atoms with Gasteiger partial charge in [-0.05, 0) is 24.3 Å². The van der Waals surface area contributed by atoms with E-state index in [1.807, 2.05) is 0 Å². The standard InChI is InChI=1S/C13H8ClN3O/c14-11-5-3-4-9-10(11)8-16-17(13(9)18)12-6-1-2-7-15-12/h1-8H. The van der Waals surface area contributed by atoms with Gasteiger partial charge in [-0.3, -0.25) is 4.79 Å². The number of aromatic nitrogens is 3. The normalized spacial score (nSPS) is 10.7. The van der Waals surface area contributed by atoms with Crippen molar-refractivity contribution in [2.45, 2.75) is 0 Å². The molecule has 0 bridgehead atoms. The lowest BCUT2D eigenvalue weighted by Gasteiger charge is -2.05. The first-order valence-electron chi connectivity index (χ1n) is 5.35. The molecule has 2 heterocycles. The molecule has 0 amide bonds. The van der Waals surface area contributed by atoms with E-state index in [1.54, 1.807) is 48.8 Å². The SMILES string of the molecule is O=c1c2cccc(Cl)c2cnn1-c1ccccn1. The number of rotatable bonds is 1. The molecule has 18 heavy (non-hydrogen) atoms. The van der Waals surface area contributed by atoms with Gasteiger partial charge < -0.3 is 0 Å². The van der Waals surface area contributed by atoms with E-state index < -0.39 is 0 Å². The van der Waals surface area contributed by atoms with Crippen LogP contribution in [0.4, 0.5) is 0 Å². The van der Waals surface area contributed by atoms with E-state index in [2.05, 4.69) is 10.1 Å². The summed E-state index contributed by atoms with van der Waals surface area (Å²) in [5, 5.41) is 5.79. The minimum Gasteiger partial charge on any atom is -0.267 e. The van der Waals surface area contributed by atoms with Gasteiger partial charge >= 0.3 is 0 Å². The van der Waals surface area contributed by atoms with Crippen LogP contribution < -0.4 is 5.56 Å². The summed E-state index contributed by atoms with van der Waals surface area (Å²) in [5.74, 6) is 0.490. The highest BCUT2D eigenvalue weighted by molar-refractivity contribution is 6.35. The van der Waals surface area contributed by atoms with Gasteiger partial charge in [0.25, 0.3) is 5.56 Å². The first-order chi connectivity index (χ1) is 8.77. The molecule has 0 radical (unpaired) electrons. The Morgan fingerprint density at radius 2 is 1.94 bits per heavy atom. The second-order valence-electron chi connectivity index (χ2n) is 3.75. The molecule has 1 aromatic carbocycles. The third-order valence-corrected chi connectivity index (χ3v) is 2.97. The molecule has 0 aliphatic carbocycles. The van der Waals surface area contributed by atoms with Gasteiger partial charge in [-0.1, -0.05) is 23.7 Å². The average molecular weight is 258 g/mol. The molecular weight excluding hydrogens is 250 g/mol. The van der Waals surface area contributed by atoms with Gasteiger partial charge in [0, 0.05) is 11.6 Å². The van der Waals surface area contributed by atoms with E-state index in [-0.39, 0.29) is 5.56 Å². The Labute approximate surface area is 107 Å². The lowest BCUT2D eigenvalue weighted by Crippen LogP contribution is -2.21. The minimum atomic E-state index is -0.228. The van der Waals surface area contributed by atoms with Crippen molar-refractivity contribution < 1.29 is 0 Å². The number of hydrogen-bond donors (Lipinski definition) is 0. The Morgan fingerprint density at radius 3 is 2.72 bits per heavy atom. The van der Waals surface area contributed by atoms with Crippen LogP contribution in [0.5, 0.6) is 0 Å². The van der Waals surface area contributed by atoms with Crippen molar-refractivity contribution in [2.24, 2.45) is 0 Å². The molecular formula is C13H8ClN3O.